The lowest BCUT2D eigenvalue weighted by Crippen LogP contribution is -2.10. The topological polar surface area (TPSA) is 71.8 Å². The number of H-pyrrole nitrogens is 1. The number of hydrogen-bond acceptors (Lipinski definition) is 4. The third-order valence-electron chi connectivity index (χ3n) is 1.63. The van der Waals surface area contributed by atoms with E-state index in [9.17, 15) is 4.79 Å². The zero-order valence-electron chi connectivity index (χ0n) is 7.68. The molecule has 15 heavy (non-hydrogen) atoms. The zero-order valence-corrected chi connectivity index (χ0v) is 9.39. The van der Waals surface area contributed by atoms with E-state index in [-0.39, 0.29) is 11.5 Å². The van der Waals surface area contributed by atoms with E-state index in [1.807, 2.05) is 6.07 Å². The first-order valence-electron chi connectivity index (χ1n) is 4.01. The monoisotopic (exact) mass is 239 g/mol. The fraction of sp³-hybridized carbons (Fsp3) is 0. The van der Waals surface area contributed by atoms with Crippen molar-refractivity contribution in [2.24, 2.45) is 0 Å². The van der Waals surface area contributed by atoms with Gasteiger partial charge in [0.25, 0.3) is 5.56 Å². The molecule has 1 heterocycles. The highest BCUT2D eigenvalue weighted by Gasteiger charge is 1.98. The van der Waals surface area contributed by atoms with Gasteiger partial charge in [-0.2, -0.15) is 0 Å². The second-order valence-corrected chi connectivity index (χ2v) is 3.42. The van der Waals surface area contributed by atoms with Gasteiger partial charge in [0.1, 0.15) is 0 Å². The van der Waals surface area contributed by atoms with Crippen LogP contribution >= 0.6 is 24.8 Å². The Labute approximate surface area is 96.9 Å². The van der Waals surface area contributed by atoms with Crippen molar-refractivity contribution in [3.05, 3.63) is 34.6 Å². The van der Waals surface area contributed by atoms with Crippen LogP contribution in [0.1, 0.15) is 0 Å². The maximum atomic E-state index is 11.2. The maximum absolute atomic E-state index is 11.2. The minimum atomic E-state index is -0.196. The van der Waals surface area contributed by atoms with Crippen LogP contribution in [0.15, 0.2) is 29.1 Å². The van der Waals surface area contributed by atoms with Gasteiger partial charge in [0.15, 0.2) is 0 Å². The average Bonchev–Trinajstić information content (AvgIpc) is 2.18. The molecule has 0 spiro atoms. The van der Waals surface area contributed by atoms with Crippen molar-refractivity contribution in [3.63, 3.8) is 0 Å². The molecule has 78 valence electrons. The summed E-state index contributed by atoms with van der Waals surface area (Å²) in [4.78, 5) is 17.6. The van der Waals surface area contributed by atoms with E-state index in [2.05, 4.69) is 34.8 Å². The predicted octanol–water partition coefficient (Wildman–Crippen LogP) is 1.38. The van der Waals surface area contributed by atoms with E-state index in [0.717, 1.165) is 0 Å². The number of thiol groups is 1. The molecule has 0 atom stereocenters. The van der Waals surface area contributed by atoms with Crippen molar-refractivity contribution < 1.29 is 0 Å². The minimum Gasteiger partial charge on any atom is -0.369 e. The van der Waals surface area contributed by atoms with Gasteiger partial charge in [-0.15, -0.1) is 12.6 Å². The molecule has 0 aliphatic carbocycles. The van der Waals surface area contributed by atoms with Gasteiger partial charge >= 0.3 is 0 Å². The number of aromatic amines is 1. The molecule has 1 aromatic heterocycles. The first kappa shape index (κ1) is 11.7. The lowest BCUT2D eigenvalue weighted by molar-refractivity contribution is 1.19. The fourth-order valence-electron chi connectivity index (χ4n) is 1.10. The van der Waals surface area contributed by atoms with E-state index in [1.165, 1.54) is 4.70 Å². The fourth-order valence-corrected chi connectivity index (χ4v) is 1.10. The predicted molar refractivity (Wildman–Crippen MR) is 69.4 cm³/mol. The van der Waals surface area contributed by atoms with Crippen molar-refractivity contribution in [1.82, 2.24) is 9.97 Å². The number of nitrogen functional groups attached to an aromatic ring is 1. The molecule has 1 aromatic carbocycles. The molecule has 6 heteroatoms. The zero-order chi connectivity index (χ0) is 11.3. The molecule has 0 radical (unpaired) electrons. The summed E-state index contributed by atoms with van der Waals surface area (Å²) in [5.41, 5.74) is 5.79. The summed E-state index contributed by atoms with van der Waals surface area (Å²) in [7, 11) is 0. The van der Waals surface area contributed by atoms with Gasteiger partial charge in [0.05, 0.1) is 10.9 Å². The van der Waals surface area contributed by atoms with Gasteiger partial charge in [-0.1, -0.05) is 24.4 Å². The third kappa shape index (κ3) is 3.03. The van der Waals surface area contributed by atoms with Crippen LogP contribution in [0.5, 0.6) is 0 Å². The third-order valence-corrected chi connectivity index (χ3v) is 1.63. The summed E-state index contributed by atoms with van der Waals surface area (Å²) in [5, 5.41) is 0.562. The number of aromatic nitrogens is 2. The summed E-state index contributed by atoms with van der Waals surface area (Å²) in [6.07, 6.45) is 0. The normalized spacial score (nSPS) is 9.13. The number of thiocarbonyl (C=S) groups is 1. The van der Waals surface area contributed by atoms with Gasteiger partial charge in [0.2, 0.25) is 5.95 Å². The van der Waals surface area contributed by atoms with E-state index in [4.69, 9.17) is 5.73 Å². The Morgan fingerprint density at radius 1 is 1.47 bits per heavy atom. The molecule has 0 saturated heterocycles. The number of anilines is 1. The smallest absolute Gasteiger partial charge is 0.260 e. The molecule has 3 N–H and O–H groups in total. The first-order chi connectivity index (χ1) is 7.19. The van der Waals surface area contributed by atoms with Crippen molar-refractivity contribution >= 4 is 46.4 Å². The Morgan fingerprint density at radius 2 is 2.07 bits per heavy atom. The number of nitrogens with two attached hydrogens (primary N) is 1. The first-order valence-corrected chi connectivity index (χ1v) is 5.00. The van der Waals surface area contributed by atoms with Gasteiger partial charge in [0, 0.05) is 4.70 Å². The Morgan fingerprint density at radius 3 is 2.73 bits per heavy atom. The number of para-hydroxylation sites is 1. The van der Waals surface area contributed by atoms with Crippen molar-refractivity contribution in [2.75, 3.05) is 5.73 Å². The summed E-state index contributed by atoms with van der Waals surface area (Å²) in [5.74, 6) is 0.152. The van der Waals surface area contributed by atoms with Crippen molar-refractivity contribution in [3.8, 4) is 0 Å². The standard InChI is InChI=1S/C8H7N3O.CH2S2/c9-8-10-6-4-2-1-3-5(6)7(12)11-8;2-1-3/h1-4H,(H3,9,10,11,12);1H,(H,2,3). The summed E-state index contributed by atoms with van der Waals surface area (Å²) < 4.78 is 1.28. The minimum absolute atomic E-state index is 0.152. The van der Waals surface area contributed by atoms with Crippen molar-refractivity contribution in [2.45, 2.75) is 0 Å². The number of nitrogens with zero attached hydrogens (tertiary/aromatic N) is 1. The molecule has 0 amide bonds. The highest BCUT2D eigenvalue weighted by Crippen LogP contribution is 2.05. The number of fused-ring (bicyclic) bond motifs is 1. The Kier molecular flexibility index (Phi) is 4.26. The Bertz CT molecular complexity index is 524. The molecule has 0 bridgehead atoms. The van der Waals surface area contributed by atoms with Gasteiger partial charge < -0.3 is 5.73 Å². The summed E-state index contributed by atoms with van der Waals surface area (Å²) in [6, 6.07) is 7.06. The molecule has 2 rings (SSSR count). The van der Waals surface area contributed by atoms with Crippen LogP contribution in [-0.4, -0.2) is 14.7 Å². The number of hydrogen-bond donors (Lipinski definition) is 3. The lowest BCUT2D eigenvalue weighted by Gasteiger charge is -1.95. The van der Waals surface area contributed by atoms with E-state index >= 15 is 0 Å². The quantitative estimate of drug-likeness (QED) is 0.480. The molecule has 0 aliphatic heterocycles. The van der Waals surface area contributed by atoms with Gasteiger partial charge in [-0.05, 0) is 12.1 Å². The van der Waals surface area contributed by atoms with Crippen LogP contribution in [0.3, 0.4) is 0 Å². The number of nitrogens with one attached hydrogen (secondary N) is 1. The lowest BCUT2D eigenvalue weighted by atomic mass is 10.2. The van der Waals surface area contributed by atoms with Gasteiger partial charge in [-0.3, -0.25) is 9.78 Å². The number of rotatable bonds is 0. The van der Waals surface area contributed by atoms with E-state index in [0.29, 0.717) is 10.9 Å². The Hall–Kier alpha value is -1.40. The summed E-state index contributed by atoms with van der Waals surface area (Å²) >= 11 is 7.61. The van der Waals surface area contributed by atoms with Crippen LogP contribution < -0.4 is 11.3 Å². The molecule has 0 fully saturated rings. The molecule has 0 unspecified atom stereocenters. The van der Waals surface area contributed by atoms with Crippen LogP contribution in [0, 0.1) is 0 Å². The largest absolute Gasteiger partial charge is 0.369 e. The van der Waals surface area contributed by atoms with Crippen LogP contribution in [0.25, 0.3) is 10.9 Å². The molecule has 0 aliphatic rings. The van der Waals surface area contributed by atoms with Crippen molar-refractivity contribution in [1.29, 1.82) is 0 Å². The molecular formula is C9H9N3OS2. The van der Waals surface area contributed by atoms with Gasteiger partial charge in [-0.25, -0.2) is 4.98 Å². The second-order valence-electron chi connectivity index (χ2n) is 2.57. The molecule has 2 aromatic rings. The highest BCUT2D eigenvalue weighted by molar-refractivity contribution is 8.08. The van der Waals surface area contributed by atoms with E-state index in [1.54, 1.807) is 18.2 Å². The average molecular weight is 239 g/mol. The summed E-state index contributed by atoms with van der Waals surface area (Å²) in [6.45, 7) is 0. The molecule has 4 nitrogen and oxygen atoms in total. The second kappa shape index (κ2) is 5.47. The highest BCUT2D eigenvalue weighted by atomic mass is 32.1. The maximum Gasteiger partial charge on any atom is 0.260 e. The van der Waals surface area contributed by atoms with Crippen LogP contribution in [0.2, 0.25) is 0 Å². The SMILES string of the molecule is Nc1nc2ccccc2c(=O)[nH]1.S=CS. The number of benzene rings is 1. The van der Waals surface area contributed by atoms with Crippen LogP contribution in [-0.2, 0) is 0 Å². The molecular weight excluding hydrogens is 230 g/mol. The van der Waals surface area contributed by atoms with Crippen LogP contribution in [0.4, 0.5) is 5.95 Å². The van der Waals surface area contributed by atoms with E-state index < -0.39 is 0 Å². The molecule has 0 saturated carbocycles. The Balaban J connectivity index is 0.000000337.